The third-order valence-electron chi connectivity index (χ3n) is 4.98. The number of ether oxygens (including phenoxy) is 4. The first kappa shape index (κ1) is 24.2. The fourth-order valence-electron chi connectivity index (χ4n) is 3.34. The summed E-state index contributed by atoms with van der Waals surface area (Å²) in [6.07, 6.45) is 0.620. The lowest BCUT2D eigenvalue weighted by Crippen LogP contribution is -2.12. The molecule has 2 heterocycles. The maximum Gasteiger partial charge on any atom is 0.348 e. The summed E-state index contributed by atoms with van der Waals surface area (Å²) in [6, 6.07) is 5.75. The zero-order valence-electron chi connectivity index (χ0n) is 19.3. The van der Waals surface area contributed by atoms with Gasteiger partial charge in [-0.1, -0.05) is 6.07 Å². The van der Waals surface area contributed by atoms with Gasteiger partial charge in [-0.05, 0) is 43.5 Å². The molecule has 0 amide bonds. The molecule has 0 fully saturated rings. The minimum atomic E-state index is -0.440. The quantitative estimate of drug-likeness (QED) is 0.442. The molecule has 1 aromatic carbocycles. The Morgan fingerprint density at radius 3 is 2.52 bits per heavy atom. The number of fused-ring (bicyclic) bond motifs is 1. The van der Waals surface area contributed by atoms with Crippen LogP contribution in [0.2, 0.25) is 0 Å². The molecule has 10 heteroatoms. The van der Waals surface area contributed by atoms with Crippen LogP contribution in [-0.4, -0.2) is 56.4 Å². The number of aryl methyl sites for hydroxylation is 1. The van der Waals surface area contributed by atoms with E-state index in [-0.39, 0.29) is 13.0 Å². The van der Waals surface area contributed by atoms with Crippen LogP contribution in [-0.2, 0) is 27.1 Å². The van der Waals surface area contributed by atoms with Crippen molar-refractivity contribution in [1.29, 1.82) is 0 Å². The first-order chi connectivity index (χ1) is 15.9. The molecule has 0 aliphatic heterocycles. The van der Waals surface area contributed by atoms with E-state index < -0.39 is 11.9 Å². The van der Waals surface area contributed by atoms with Crippen LogP contribution in [0.3, 0.4) is 0 Å². The molecule has 176 valence electrons. The average molecular weight is 474 g/mol. The van der Waals surface area contributed by atoms with Crippen molar-refractivity contribution in [2.45, 2.75) is 26.7 Å². The van der Waals surface area contributed by atoms with Crippen molar-refractivity contribution in [2.24, 2.45) is 0 Å². The Balaban J connectivity index is 1.90. The molecule has 33 heavy (non-hydrogen) atoms. The van der Waals surface area contributed by atoms with Gasteiger partial charge in [-0.2, -0.15) is 0 Å². The molecule has 0 saturated heterocycles. The third-order valence-corrected chi connectivity index (χ3v) is 6.15. The lowest BCUT2D eigenvalue weighted by molar-refractivity contribution is -0.139. The zero-order valence-corrected chi connectivity index (χ0v) is 20.1. The molecule has 2 aromatic heterocycles. The van der Waals surface area contributed by atoms with E-state index in [1.807, 2.05) is 25.1 Å². The topological polar surface area (TPSA) is 109 Å². The zero-order chi connectivity index (χ0) is 24.0. The van der Waals surface area contributed by atoms with E-state index >= 15 is 0 Å². The molecule has 0 spiro atoms. The van der Waals surface area contributed by atoms with Crippen LogP contribution in [0.4, 0.5) is 5.82 Å². The van der Waals surface area contributed by atoms with Gasteiger partial charge >= 0.3 is 11.9 Å². The molecule has 3 rings (SSSR count). The van der Waals surface area contributed by atoms with E-state index in [1.165, 1.54) is 18.4 Å². The van der Waals surface area contributed by atoms with E-state index in [1.54, 1.807) is 21.1 Å². The highest BCUT2D eigenvalue weighted by Gasteiger charge is 2.22. The van der Waals surface area contributed by atoms with Gasteiger partial charge in [0.2, 0.25) is 0 Å². The number of aromatic nitrogens is 2. The monoisotopic (exact) mass is 473 g/mol. The van der Waals surface area contributed by atoms with Gasteiger partial charge in [0.15, 0.2) is 11.5 Å². The van der Waals surface area contributed by atoms with E-state index in [0.29, 0.717) is 45.8 Å². The van der Waals surface area contributed by atoms with Gasteiger partial charge in [0.25, 0.3) is 0 Å². The smallest absolute Gasteiger partial charge is 0.348 e. The first-order valence-corrected chi connectivity index (χ1v) is 11.2. The number of benzene rings is 1. The van der Waals surface area contributed by atoms with Crippen molar-refractivity contribution < 1.29 is 28.5 Å². The van der Waals surface area contributed by atoms with Gasteiger partial charge in [0.1, 0.15) is 27.8 Å². The van der Waals surface area contributed by atoms with Crippen LogP contribution < -0.4 is 14.8 Å². The number of nitrogens with zero attached hydrogens (tertiary/aromatic N) is 2. The van der Waals surface area contributed by atoms with E-state index in [0.717, 1.165) is 16.5 Å². The second kappa shape index (κ2) is 11.0. The molecule has 0 aliphatic rings. The Labute approximate surface area is 196 Å². The molecule has 0 bridgehead atoms. The predicted octanol–water partition coefficient (Wildman–Crippen LogP) is 3.56. The fraction of sp³-hybridized carbons (Fsp3) is 0.391. The normalized spacial score (nSPS) is 10.7. The molecule has 0 saturated carbocycles. The number of anilines is 1. The largest absolute Gasteiger partial charge is 0.493 e. The molecule has 0 radical (unpaired) electrons. The van der Waals surface area contributed by atoms with Gasteiger partial charge in [-0.15, -0.1) is 11.3 Å². The third kappa shape index (κ3) is 5.51. The highest BCUT2D eigenvalue weighted by atomic mass is 32.1. The van der Waals surface area contributed by atoms with E-state index in [4.69, 9.17) is 18.9 Å². The molecule has 1 N–H and O–H groups in total. The number of carbonyl (C=O) groups is 2. The van der Waals surface area contributed by atoms with Crippen molar-refractivity contribution in [3.8, 4) is 11.5 Å². The second-order valence-electron chi connectivity index (χ2n) is 7.06. The minimum Gasteiger partial charge on any atom is -0.493 e. The highest BCUT2D eigenvalue weighted by molar-refractivity contribution is 7.20. The predicted molar refractivity (Wildman–Crippen MR) is 126 cm³/mol. The van der Waals surface area contributed by atoms with E-state index in [2.05, 4.69) is 15.3 Å². The number of esters is 2. The van der Waals surface area contributed by atoms with Gasteiger partial charge < -0.3 is 24.3 Å². The summed E-state index contributed by atoms with van der Waals surface area (Å²) in [5.74, 6) is 1.36. The Morgan fingerprint density at radius 2 is 1.85 bits per heavy atom. The Kier molecular flexibility index (Phi) is 8.05. The molecule has 9 nitrogen and oxygen atoms in total. The number of thiophene rings is 1. The minimum absolute atomic E-state index is 0.0670. The number of carbonyl (C=O) groups excluding carboxylic acids is 2. The molecule has 0 aliphatic carbocycles. The van der Waals surface area contributed by atoms with Crippen LogP contribution in [0, 0.1) is 6.92 Å². The van der Waals surface area contributed by atoms with Crippen LogP contribution in [0.5, 0.6) is 11.5 Å². The summed E-state index contributed by atoms with van der Waals surface area (Å²) in [4.78, 5) is 34.3. The molecule has 0 unspecified atom stereocenters. The Hall–Kier alpha value is -3.40. The van der Waals surface area contributed by atoms with Crippen molar-refractivity contribution in [1.82, 2.24) is 9.97 Å². The van der Waals surface area contributed by atoms with Crippen LogP contribution in [0.1, 0.15) is 33.5 Å². The molecular weight excluding hydrogens is 446 g/mol. The van der Waals surface area contributed by atoms with Crippen molar-refractivity contribution in [3.05, 3.63) is 40.0 Å². The van der Waals surface area contributed by atoms with Gasteiger partial charge in [-0.25, -0.2) is 14.8 Å². The fourth-order valence-corrected chi connectivity index (χ4v) is 4.44. The number of methoxy groups -OCH3 is 3. The molecule has 3 aromatic rings. The Morgan fingerprint density at radius 1 is 1.09 bits per heavy atom. The second-order valence-corrected chi connectivity index (χ2v) is 8.06. The molecule has 0 atom stereocenters. The van der Waals surface area contributed by atoms with Crippen molar-refractivity contribution in [3.63, 3.8) is 0 Å². The number of rotatable bonds is 10. The summed E-state index contributed by atoms with van der Waals surface area (Å²) in [5, 5.41) is 4.08. The molecular formula is C23H27N3O6S. The lowest BCUT2D eigenvalue weighted by atomic mass is 10.1. The van der Waals surface area contributed by atoms with Crippen LogP contribution in [0.25, 0.3) is 10.2 Å². The van der Waals surface area contributed by atoms with Gasteiger partial charge in [0, 0.05) is 6.54 Å². The number of hydrogen-bond donors (Lipinski definition) is 1. The first-order valence-electron chi connectivity index (χ1n) is 10.4. The number of hydrogen-bond acceptors (Lipinski definition) is 10. The Bertz CT molecular complexity index is 1160. The maximum absolute atomic E-state index is 12.4. The highest BCUT2D eigenvalue weighted by Crippen LogP contribution is 2.34. The standard InChI is InChI=1S/C23H27N3O6S/c1-6-32-23(28)20-13(2)19-21(25-17(12-18(27)31-5)26-22(19)33-20)24-10-9-14-7-8-15(29-3)16(11-14)30-4/h7-8,11H,6,9-10,12H2,1-5H3,(H,24,25,26). The summed E-state index contributed by atoms with van der Waals surface area (Å²) in [6.45, 7) is 4.44. The average Bonchev–Trinajstić information content (AvgIpc) is 3.15. The van der Waals surface area contributed by atoms with Gasteiger partial charge in [0.05, 0.1) is 33.3 Å². The van der Waals surface area contributed by atoms with Crippen molar-refractivity contribution >= 4 is 39.3 Å². The summed E-state index contributed by atoms with van der Waals surface area (Å²) >= 11 is 1.23. The van der Waals surface area contributed by atoms with Gasteiger partial charge in [-0.3, -0.25) is 4.79 Å². The summed E-state index contributed by atoms with van der Waals surface area (Å²) in [5.41, 5.74) is 1.79. The van der Waals surface area contributed by atoms with E-state index in [9.17, 15) is 9.59 Å². The lowest BCUT2D eigenvalue weighted by Gasteiger charge is -2.12. The summed E-state index contributed by atoms with van der Waals surface area (Å²) < 4.78 is 20.6. The van der Waals surface area contributed by atoms with Crippen molar-refractivity contribution in [2.75, 3.05) is 39.8 Å². The SMILES string of the molecule is CCOC(=O)c1sc2nc(CC(=O)OC)nc(NCCc3ccc(OC)c(OC)c3)c2c1C. The summed E-state index contributed by atoms with van der Waals surface area (Å²) in [7, 11) is 4.51. The maximum atomic E-state index is 12.4. The van der Waals surface area contributed by atoms with Crippen LogP contribution in [0.15, 0.2) is 18.2 Å². The van der Waals surface area contributed by atoms with Crippen LogP contribution >= 0.6 is 11.3 Å². The number of nitrogens with one attached hydrogen (secondary N) is 1.